The number of rotatable bonds is 3. The van der Waals surface area contributed by atoms with Gasteiger partial charge in [-0.3, -0.25) is 4.98 Å². The lowest BCUT2D eigenvalue weighted by Crippen LogP contribution is -2.05. The number of carbonyl (C=O) groups excluding carboxylic acids is 1. The van der Waals surface area contributed by atoms with Gasteiger partial charge in [0.05, 0.1) is 6.61 Å². The molecular formula is C15H14FNO2. The van der Waals surface area contributed by atoms with Crippen LogP contribution in [0.3, 0.4) is 0 Å². The summed E-state index contributed by atoms with van der Waals surface area (Å²) >= 11 is 0. The number of fused-ring (bicyclic) bond motifs is 1. The normalized spacial score (nSPS) is 12.2. The molecule has 0 bridgehead atoms. The number of hydrogen-bond acceptors (Lipinski definition) is 3. The van der Waals surface area contributed by atoms with E-state index in [4.69, 9.17) is 0 Å². The fourth-order valence-electron chi connectivity index (χ4n) is 1.79. The molecule has 0 radical (unpaired) electrons. The van der Waals surface area contributed by atoms with Crippen molar-refractivity contribution >= 4 is 22.3 Å². The quantitative estimate of drug-likeness (QED) is 0.625. The van der Waals surface area contributed by atoms with Gasteiger partial charge in [-0.1, -0.05) is 12.1 Å². The molecule has 0 amide bonds. The minimum Gasteiger partial charge on any atom is -0.461 e. The van der Waals surface area contributed by atoms with E-state index in [-0.39, 0.29) is 12.2 Å². The molecule has 4 heteroatoms. The maximum atomic E-state index is 13.9. The van der Waals surface area contributed by atoms with Gasteiger partial charge in [-0.15, -0.1) is 0 Å². The van der Waals surface area contributed by atoms with Crippen LogP contribution < -0.4 is 0 Å². The highest BCUT2D eigenvalue weighted by Crippen LogP contribution is 2.24. The molecule has 1 aromatic heterocycles. The second-order valence-electron chi connectivity index (χ2n) is 4.10. The molecule has 0 spiro atoms. The first-order chi connectivity index (χ1) is 9.13. The highest BCUT2D eigenvalue weighted by molar-refractivity contribution is 5.96. The van der Waals surface area contributed by atoms with E-state index in [1.165, 1.54) is 0 Å². The Kier molecular flexibility index (Phi) is 3.90. The monoisotopic (exact) mass is 259 g/mol. The summed E-state index contributed by atoms with van der Waals surface area (Å²) in [5.41, 5.74) is 0.912. The van der Waals surface area contributed by atoms with Crippen molar-refractivity contribution in [2.45, 2.75) is 13.8 Å². The lowest BCUT2D eigenvalue weighted by molar-refractivity contribution is -0.140. The van der Waals surface area contributed by atoms with Crippen molar-refractivity contribution in [1.82, 2.24) is 4.98 Å². The van der Waals surface area contributed by atoms with Gasteiger partial charge in [0.25, 0.3) is 0 Å². The van der Waals surface area contributed by atoms with Crippen molar-refractivity contribution in [3.8, 4) is 0 Å². The third kappa shape index (κ3) is 2.78. The average molecular weight is 259 g/mol. The summed E-state index contributed by atoms with van der Waals surface area (Å²) in [6.07, 6.45) is 3.40. The average Bonchev–Trinajstić information content (AvgIpc) is 2.45. The summed E-state index contributed by atoms with van der Waals surface area (Å²) in [7, 11) is 0. The predicted octanol–water partition coefficient (Wildman–Crippen LogP) is 3.50. The maximum Gasteiger partial charge on any atom is 0.367 e. The van der Waals surface area contributed by atoms with Gasteiger partial charge >= 0.3 is 5.97 Å². The Labute approximate surface area is 110 Å². The molecule has 19 heavy (non-hydrogen) atoms. The highest BCUT2D eigenvalue weighted by Gasteiger charge is 2.14. The molecule has 1 aromatic carbocycles. The van der Waals surface area contributed by atoms with Crippen LogP contribution in [0.25, 0.3) is 16.3 Å². The number of hydrogen-bond donors (Lipinski definition) is 0. The van der Waals surface area contributed by atoms with Crippen LogP contribution in [0.4, 0.5) is 4.39 Å². The van der Waals surface area contributed by atoms with Crippen molar-refractivity contribution in [2.24, 2.45) is 0 Å². The van der Waals surface area contributed by atoms with Crippen LogP contribution in [0.1, 0.15) is 19.4 Å². The van der Waals surface area contributed by atoms with Crippen molar-refractivity contribution in [1.29, 1.82) is 0 Å². The smallest absolute Gasteiger partial charge is 0.367 e. The zero-order valence-corrected chi connectivity index (χ0v) is 10.8. The molecular weight excluding hydrogens is 245 g/mol. The Morgan fingerprint density at radius 2 is 2.11 bits per heavy atom. The minimum atomic E-state index is -0.925. The minimum absolute atomic E-state index is 0.154. The lowest BCUT2D eigenvalue weighted by atomic mass is 10.0. The van der Waals surface area contributed by atoms with E-state index < -0.39 is 11.8 Å². The molecule has 2 rings (SSSR count). The zero-order valence-electron chi connectivity index (χ0n) is 10.8. The predicted molar refractivity (Wildman–Crippen MR) is 72.1 cm³/mol. The van der Waals surface area contributed by atoms with E-state index in [1.54, 1.807) is 38.4 Å². The lowest BCUT2D eigenvalue weighted by Gasteiger charge is -2.06. The molecule has 3 nitrogen and oxygen atoms in total. The van der Waals surface area contributed by atoms with Gasteiger partial charge in [0.1, 0.15) is 0 Å². The summed E-state index contributed by atoms with van der Waals surface area (Å²) in [4.78, 5) is 15.4. The molecule has 0 saturated heterocycles. The van der Waals surface area contributed by atoms with Crippen LogP contribution in [0.15, 0.2) is 42.5 Å². The summed E-state index contributed by atoms with van der Waals surface area (Å²) < 4.78 is 18.5. The van der Waals surface area contributed by atoms with Crippen molar-refractivity contribution in [2.75, 3.05) is 6.61 Å². The first kappa shape index (κ1) is 13.2. The van der Waals surface area contributed by atoms with Gasteiger partial charge in [-0.05, 0) is 42.5 Å². The number of nitrogens with zero attached hydrogens (tertiary/aromatic N) is 1. The molecule has 0 aliphatic rings. The molecule has 0 N–H and O–H groups in total. The molecule has 0 aliphatic carbocycles. The molecule has 0 fully saturated rings. The fraction of sp³-hybridized carbons (Fsp3) is 0.200. The van der Waals surface area contributed by atoms with Crippen molar-refractivity contribution in [3.63, 3.8) is 0 Å². The van der Waals surface area contributed by atoms with E-state index in [0.717, 1.165) is 10.8 Å². The number of ether oxygens (including phenoxy) is 1. The molecule has 0 unspecified atom stereocenters. The summed E-state index contributed by atoms with van der Waals surface area (Å²) in [5, 5.41) is 1.92. The SMILES string of the molecule is CCOC(=O)/C(F)=C(/C)c1ccc2ccncc2c1. The van der Waals surface area contributed by atoms with Crippen molar-refractivity contribution < 1.29 is 13.9 Å². The first-order valence-electron chi connectivity index (χ1n) is 6.01. The Bertz CT molecular complexity index is 649. The van der Waals surface area contributed by atoms with Gasteiger partial charge in [0, 0.05) is 17.8 Å². The van der Waals surface area contributed by atoms with E-state index in [1.807, 2.05) is 12.1 Å². The Morgan fingerprint density at radius 1 is 1.32 bits per heavy atom. The largest absolute Gasteiger partial charge is 0.461 e. The Balaban J connectivity index is 2.43. The van der Waals surface area contributed by atoms with Crippen molar-refractivity contribution in [3.05, 3.63) is 48.0 Å². The molecule has 0 aliphatic heterocycles. The number of aromatic nitrogens is 1. The van der Waals surface area contributed by atoms with Crippen LogP contribution in [0, 0.1) is 0 Å². The summed E-state index contributed by atoms with van der Waals surface area (Å²) in [6.45, 7) is 3.35. The third-order valence-corrected chi connectivity index (χ3v) is 2.86. The van der Waals surface area contributed by atoms with E-state index >= 15 is 0 Å². The van der Waals surface area contributed by atoms with Crippen LogP contribution in [0.5, 0.6) is 0 Å². The molecule has 98 valence electrons. The number of allylic oxidation sites excluding steroid dienone is 1. The van der Waals surface area contributed by atoms with E-state index in [9.17, 15) is 9.18 Å². The summed E-state index contributed by atoms with van der Waals surface area (Å²) in [5.74, 6) is -1.78. The van der Waals surface area contributed by atoms with E-state index in [0.29, 0.717) is 5.56 Å². The van der Waals surface area contributed by atoms with Crippen LogP contribution in [0.2, 0.25) is 0 Å². The zero-order chi connectivity index (χ0) is 13.8. The molecule has 2 aromatic rings. The van der Waals surface area contributed by atoms with Gasteiger partial charge < -0.3 is 4.74 Å². The number of pyridine rings is 1. The number of esters is 1. The molecule has 0 saturated carbocycles. The Morgan fingerprint density at radius 3 is 2.84 bits per heavy atom. The maximum absolute atomic E-state index is 13.9. The molecule has 0 atom stereocenters. The van der Waals surface area contributed by atoms with Gasteiger partial charge in [-0.25, -0.2) is 4.79 Å². The topological polar surface area (TPSA) is 39.2 Å². The van der Waals surface area contributed by atoms with Crippen LogP contribution in [-0.2, 0) is 9.53 Å². The fourth-order valence-corrected chi connectivity index (χ4v) is 1.79. The van der Waals surface area contributed by atoms with Gasteiger partial charge in [0.2, 0.25) is 5.83 Å². The van der Waals surface area contributed by atoms with Gasteiger partial charge in [-0.2, -0.15) is 4.39 Å². The molecule has 1 heterocycles. The van der Waals surface area contributed by atoms with Crippen LogP contribution in [-0.4, -0.2) is 17.6 Å². The first-order valence-corrected chi connectivity index (χ1v) is 6.01. The Hall–Kier alpha value is -2.23. The van der Waals surface area contributed by atoms with Crippen LogP contribution >= 0.6 is 0 Å². The third-order valence-electron chi connectivity index (χ3n) is 2.86. The van der Waals surface area contributed by atoms with E-state index in [2.05, 4.69) is 9.72 Å². The highest BCUT2D eigenvalue weighted by atomic mass is 19.1. The number of halogens is 1. The second-order valence-corrected chi connectivity index (χ2v) is 4.10. The second kappa shape index (κ2) is 5.61. The van der Waals surface area contributed by atoms with Gasteiger partial charge in [0.15, 0.2) is 0 Å². The standard InChI is InChI=1S/C15H14FNO2/c1-3-19-15(18)14(16)10(2)12-5-4-11-6-7-17-9-13(11)8-12/h4-9H,3H2,1-2H3/b14-10+. The number of benzene rings is 1. The summed E-state index contributed by atoms with van der Waals surface area (Å²) in [6, 6.07) is 7.32. The number of carbonyl (C=O) groups is 1.